The lowest BCUT2D eigenvalue weighted by Gasteiger charge is -2.30. The van der Waals surface area contributed by atoms with Gasteiger partial charge in [-0.2, -0.15) is 13.2 Å². The van der Waals surface area contributed by atoms with Gasteiger partial charge in [-0.25, -0.2) is 4.79 Å². The minimum atomic E-state index is -4.44. The minimum absolute atomic E-state index is 0.0867. The summed E-state index contributed by atoms with van der Waals surface area (Å²) in [6.07, 6.45) is 3.18. The SMILES string of the molecule is O=C(O)c1ccc2c(c1)CN(Cc1cccc(C(F)(F)F)c1)CCCCCCCN2C(=O)c1cccnc1. The highest BCUT2D eigenvalue weighted by molar-refractivity contribution is 6.06. The number of alkyl halides is 3. The van der Waals surface area contributed by atoms with E-state index in [1.807, 2.05) is 4.90 Å². The number of rotatable bonds is 4. The summed E-state index contributed by atoms with van der Waals surface area (Å²) in [7, 11) is 0. The van der Waals surface area contributed by atoms with Gasteiger partial charge in [-0.05, 0) is 66.9 Å². The number of carboxylic acid groups (broad SMARTS) is 1. The number of aromatic carboxylic acids is 1. The Morgan fingerprint density at radius 3 is 2.37 bits per heavy atom. The molecule has 2 heterocycles. The molecule has 1 amide bonds. The molecule has 0 saturated heterocycles. The average molecular weight is 526 g/mol. The number of amides is 1. The molecule has 200 valence electrons. The van der Waals surface area contributed by atoms with E-state index in [2.05, 4.69) is 4.98 Å². The van der Waals surface area contributed by atoms with Gasteiger partial charge in [0.1, 0.15) is 0 Å². The Labute approximate surface area is 219 Å². The van der Waals surface area contributed by atoms with Gasteiger partial charge < -0.3 is 10.0 Å². The smallest absolute Gasteiger partial charge is 0.416 e. The maximum Gasteiger partial charge on any atom is 0.416 e. The second kappa shape index (κ2) is 12.2. The summed E-state index contributed by atoms with van der Waals surface area (Å²) in [6, 6.07) is 13.4. The van der Waals surface area contributed by atoms with Gasteiger partial charge in [0.25, 0.3) is 5.91 Å². The zero-order valence-electron chi connectivity index (χ0n) is 21.0. The van der Waals surface area contributed by atoms with E-state index in [1.54, 1.807) is 41.4 Å². The number of carbonyl (C=O) groups is 2. The van der Waals surface area contributed by atoms with Crippen LogP contribution in [0, 0.1) is 0 Å². The number of nitrogens with zero attached hydrogens (tertiary/aromatic N) is 3. The second-order valence-corrected chi connectivity index (χ2v) is 9.52. The fourth-order valence-corrected chi connectivity index (χ4v) is 4.78. The lowest BCUT2D eigenvalue weighted by molar-refractivity contribution is -0.137. The molecule has 0 radical (unpaired) electrons. The van der Waals surface area contributed by atoms with Crippen LogP contribution in [0.4, 0.5) is 18.9 Å². The average Bonchev–Trinajstić information content (AvgIpc) is 2.89. The zero-order chi connectivity index (χ0) is 27.1. The van der Waals surface area contributed by atoms with Crippen LogP contribution >= 0.6 is 0 Å². The third kappa shape index (κ3) is 6.98. The Morgan fingerprint density at radius 2 is 1.66 bits per heavy atom. The summed E-state index contributed by atoms with van der Waals surface area (Å²) in [5, 5.41) is 9.65. The van der Waals surface area contributed by atoms with Gasteiger partial charge in [0.15, 0.2) is 0 Å². The number of anilines is 1. The lowest BCUT2D eigenvalue weighted by Crippen LogP contribution is -2.34. The molecule has 0 unspecified atom stereocenters. The minimum Gasteiger partial charge on any atom is -0.478 e. The zero-order valence-corrected chi connectivity index (χ0v) is 21.0. The van der Waals surface area contributed by atoms with Crippen molar-refractivity contribution in [1.82, 2.24) is 9.88 Å². The Kier molecular flexibility index (Phi) is 8.78. The van der Waals surface area contributed by atoms with Crippen LogP contribution in [-0.4, -0.2) is 40.0 Å². The van der Waals surface area contributed by atoms with E-state index in [0.717, 1.165) is 44.2 Å². The number of carbonyl (C=O) groups excluding carboxylic acids is 1. The van der Waals surface area contributed by atoms with Crippen molar-refractivity contribution in [2.75, 3.05) is 18.0 Å². The van der Waals surface area contributed by atoms with Crippen molar-refractivity contribution in [1.29, 1.82) is 0 Å². The van der Waals surface area contributed by atoms with Gasteiger partial charge in [0, 0.05) is 37.7 Å². The Bertz CT molecular complexity index is 1260. The summed E-state index contributed by atoms with van der Waals surface area (Å²) in [5.41, 5.74) is 1.56. The highest BCUT2D eigenvalue weighted by Gasteiger charge is 2.30. The van der Waals surface area contributed by atoms with Crippen molar-refractivity contribution in [2.45, 2.75) is 51.4 Å². The molecule has 3 aromatic rings. The maximum atomic E-state index is 13.6. The summed E-state index contributed by atoms with van der Waals surface area (Å²) in [6.45, 7) is 1.63. The lowest BCUT2D eigenvalue weighted by atomic mass is 10.0. The van der Waals surface area contributed by atoms with Crippen LogP contribution in [0.2, 0.25) is 0 Å². The first-order valence-corrected chi connectivity index (χ1v) is 12.7. The molecule has 0 saturated carbocycles. The molecule has 1 aliphatic rings. The number of benzene rings is 2. The monoisotopic (exact) mass is 525 g/mol. The number of hydrogen-bond acceptors (Lipinski definition) is 4. The molecule has 0 spiro atoms. The number of aromatic nitrogens is 1. The molecule has 0 bridgehead atoms. The topological polar surface area (TPSA) is 73.7 Å². The van der Waals surface area contributed by atoms with Crippen LogP contribution in [-0.2, 0) is 19.3 Å². The van der Waals surface area contributed by atoms with E-state index in [1.165, 1.54) is 18.3 Å². The molecule has 1 aliphatic heterocycles. The molecule has 0 aliphatic carbocycles. The van der Waals surface area contributed by atoms with E-state index in [9.17, 15) is 27.9 Å². The standard InChI is InChI=1S/C29H30F3N3O3/c30-29(31,32)25-10-6-8-21(16-25)19-34-14-4-2-1-3-5-15-35(27(36)23-9-7-13-33-18-23)26-12-11-22(28(37)38)17-24(26)20-34/h6-13,16-18H,1-5,14-15,19-20H2,(H,37,38). The van der Waals surface area contributed by atoms with Gasteiger partial charge in [-0.15, -0.1) is 0 Å². The van der Waals surface area contributed by atoms with E-state index >= 15 is 0 Å². The normalized spacial score (nSPS) is 15.7. The Balaban J connectivity index is 1.72. The first kappa shape index (κ1) is 27.3. The van der Waals surface area contributed by atoms with E-state index in [0.29, 0.717) is 35.5 Å². The van der Waals surface area contributed by atoms with Gasteiger partial charge in [0.2, 0.25) is 0 Å². The Hall–Kier alpha value is -3.72. The number of pyridine rings is 1. The van der Waals surface area contributed by atoms with Crippen molar-refractivity contribution in [2.24, 2.45) is 0 Å². The molecule has 0 fully saturated rings. The molecule has 38 heavy (non-hydrogen) atoms. The van der Waals surface area contributed by atoms with Crippen molar-refractivity contribution >= 4 is 17.6 Å². The van der Waals surface area contributed by atoms with E-state index in [-0.39, 0.29) is 24.6 Å². The van der Waals surface area contributed by atoms with Crippen LogP contribution in [0.3, 0.4) is 0 Å². The molecular weight excluding hydrogens is 495 g/mol. The molecule has 2 aromatic carbocycles. The van der Waals surface area contributed by atoms with Gasteiger partial charge >= 0.3 is 12.1 Å². The van der Waals surface area contributed by atoms with Gasteiger partial charge in [-0.1, -0.05) is 37.5 Å². The molecule has 9 heteroatoms. The molecule has 1 aromatic heterocycles. The predicted octanol–water partition coefficient (Wildman–Crippen LogP) is 6.41. The molecule has 1 N–H and O–H groups in total. The fourth-order valence-electron chi connectivity index (χ4n) is 4.78. The van der Waals surface area contributed by atoms with E-state index in [4.69, 9.17) is 0 Å². The number of carboxylic acids is 1. The van der Waals surface area contributed by atoms with Crippen molar-refractivity contribution in [3.8, 4) is 0 Å². The van der Waals surface area contributed by atoms with Crippen molar-refractivity contribution < 1.29 is 27.9 Å². The predicted molar refractivity (Wildman–Crippen MR) is 138 cm³/mol. The van der Waals surface area contributed by atoms with Crippen LogP contribution < -0.4 is 4.90 Å². The molecule has 6 nitrogen and oxygen atoms in total. The first-order chi connectivity index (χ1) is 18.2. The number of halogens is 3. The molecular formula is C29H30F3N3O3. The summed E-state index contributed by atoms with van der Waals surface area (Å²) in [4.78, 5) is 33.1. The van der Waals surface area contributed by atoms with Crippen LogP contribution in [0.5, 0.6) is 0 Å². The van der Waals surface area contributed by atoms with Gasteiger partial charge in [-0.3, -0.25) is 14.7 Å². The third-order valence-electron chi connectivity index (χ3n) is 6.68. The molecule has 0 atom stereocenters. The van der Waals surface area contributed by atoms with Crippen LogP contribution in [0.25, 0.3) is 0 Å². The van der Waals surface area contributed by atoms with Gasteiger partial charge in [0.05, 0.1) is 16.7 Å². The highest BCUT2D eigenvalue weighted by atomic mass is 19.4. The third-order valence-corrected chi connectivity index (χ3v) is 6.68. The summed E-state index contributed by atoms with van der Waals surface area (Å²) >= 11 is 0. The van der Waals surface area contributed by atoms with Crippen molar-refractivity contribution in [3.05, 3.63) is 94.8 Å². The first-order valence-electron chi connectivity index (χ1n) is 12.7. The van der Waals surface area contributed by atoms with Crippen LogP contribution in [0.15, 0.2) is 67.0 Å². The summed E-state index contributed by atoms with van der Waals surface area (Å²) in [5.74, 6) is -1.32. The maximum absolute atomic E-state index is 13.6. The fraction of sp³-hybridized carbons (Fsp3) is 0.345. The summed E-state index contributed by atoms with van der Waals surface area (Å²) < 4.78 is 39.9. The van der Waals surface area contributed by atoms with E-state index < -0.39 is 17.7 Å². The largest absolute Gasteiger partial charge is 0.478 e. The second-order valence-electron chi connectivity index (χ2n) is 9.52. The highest BCUT2D eigenvalue weighted by Crippen LogP contribution is 2.31. The van der Waals surface area contributed by atoms with Crippen LogP contribution in [0.1, 0.15) is 69.5 Å². The Morgan fingerprint density at radius 1 is 0.895 bits per heavy atom. The van der Waals surface area contributed by atoms with Crippen molar-refractivity contribution in [3.63, 3.8) is 0 Å². The number of hydrogen-bond donors (Lipinski definition) is 1. The quantitative estimate of drug-likeness (QED) is 0.426. The molecule has 4 rings (SSSR count). The number of fused-ring (bicyclic) bond motifs is 1.